The number of imidazole rings is 1. The Morgan fingerprint density at radius 3 is 2.46 bits per heavy atom. The molecule has 5 nitrogen and oxygen atoms in total. The van der Waals surface area contributed by atoms with E-state index in [1.54, 1.807) is 0 Å². The first-order chi connectivity index (χ1) is 11.7. The zero-order chi connectivity index (χ0) is 16.9. The summed E-state index contributed by atoms with van der Waals surface area (Å²) in [7, 11) is 0. The largest absolute Gasteiger partial charge is 0.465 e. The monoisotopic (exact) mass is 398 g/mol. The number of halogens is 2. The molecule has 26 heavy (non-hydrogen) atoms. The maximum absolute atomic E-state index is 5.64. The van der Waals surface area contributed by atoms with E-state index in [9.17, 15) is 0 Å². The van der Waals surface area contributed by atoms with E-state index in [1.807, 2.05) is 25.1 Å². The normalized spacial score (nSPS) is 10.6. The molecule has 0 saturated carbocycles. The number of benzene rings is 1. The molecule has 0 aliphatic rings. The van der Waals surface area contributed by atoms with Crippen LogP contribution in [0, 0.1) is 6.92 Å². The molecule has 0 spiro atoms. The second-order valence-corrected chi connectivity index (χ2v) is 5.97. The Morgan fingerprint density at radius 1 is 1.08 bits per heavy atom. The molecular formula is C19H28Cl2N4O. The van der Waals surface area contributed by atoms with Crippen molar-refractivity contribution in [3.8, 4) is 0 Å². The van der Waals surface area contributed by atoms with Crippen LogP contribution in [0.3, 0.4) is 0 Å². The predicted molar refractivity (Wildman–Crippen MR) is 113 cm³/mol. The van der Waals surface area contributed by atoms with Gasteiger partial charge >= 0.3 is 0 Å². The average molecular weight is 399 g/mol. The molecule has 2 heterocycles. The number of nitrogens with zero attached hydrogens (tertiary/aromatic N) is 3. The second kappa shape index (κ2) is 10.5. The van der Waals surface area contributed by atoms with Gasteiger partial charge in [-0.15, -0.1) is 24.8 Å². The number of furan rings is 1. The van der Waals surface area contributed by atoms with E-state index in [1.165, 1.54) is 5.52 Å². The lowest BCUT2D eigenvalue weighted by Crippen LogP contribution is -2.27. The van der Waals surface area contributed by atoms with Gasteiger partial charge in [0.1, 0.15) is 11.5 Å². The Hall–Kier alpha value is -1.69. The van der Waals surface area contributed by atoms with Gasteiger partial charge in [0.25, 0.3) is 0 Å². The first-order valence-electron chi connectivity index (χ1n) is 8.68. The van der Waals surface area contributed by atoms with E-state index < -0.39 is 0 Å². The number of rotatable bonds is 8. The van der Waals surface area contributed by atoms with E-state index >= 15 is 0 Å². The number of para-hydroxylation sites is 2. The average Bonchev–Trinajstić information content (AvgIpc) is 3.17. The van der Waals surface area contributed by atoms with Crippen molar-refractivity contribution in [3.05, 3.63) is 47.9 Å². The van der Waals surface area contributed by atoms with Crippen molar-refractivity contribution in [2.24, 2.45) is 0 Å². The fraction of sp³-hybridized carbons (Fsp3) is 0.421. The number of aromatic nitrogens is 2. The van der Waals surface area contributed by atoms with Crippen molar-refractivity contribution in [2.75, 3.05) is 25.0 Å². The van der Waals surface area contributed by atoms with Gasteiger partial charge in [-0.25, -0.2) is 4.98 Å². The summed E-state index contributed by atoms with van der Waals surface area (Å²) in [6.07, 6.45) is 0. The number of hydrogen-bond donors (Lipinski definition) is 1. The highest BCUT2D eigenvalue weighted by molar-refractivity contribution is 5.85. The lowest BCUT2D eigenvalue weighted by molar-refractivity contribution is 0.292. The minimum atomic E-state index is 0. The Kier molecular flexibility index (Phi) is 8.99. The maximum Gasteiger partial charge on any atom is 0.204 e. The molecule has 144 valence electrons. The van der Waals surface area contributed by atoms with Gasteiger partial charge in [-0.1, -0.05) is 26.0 Å². The number of fused-ring (bicyclic) bond motifs is 1. The van der Waals surface area contributed by atoms with Crippen LogP contribution in [0.25, 0.3) is 11.0 Å². The summed E-state index contributed by atoms with van der Waals surface area (Å²) in [6, 6.07) is 12.3. The van der Waals surface area contributed by atoms with Gasteiger partial charge < -0.3 is 19.2 Å². The zero-order valence-corrected chi connectivity index (χ0v) is 17.2. The van der Waals surface area contributed by atoms with Gasteiger partial charge in [0.15, 0.2) is 0 Å². The van der Waals surface area contributed by atoms with Crippen LogP contribution in [0.15, 0.2) is 40.8 Å². The third kappa shape index (κ3) is 5.16. The minimum Gasteiger partial charge on any atom is -0.465 e. The summed E-state index contributed by atoms with van der Waals surface area (Å²) in [5, 5.41) is 3.43. The summed E-state index contributed by atoms with van der Waals surface area (Å²) in [5.74, 6) is 2.76. The van der Waals surface area contributed by atoms with Crippen LogP contribution < -0.4 is 5.32 Å². The van der Waals surface area contributed by atoms with Crippen LogP contribution in [0.5, 0.6) is 0 Å². The topological polar surface area (TPSA) is 46.2 Å². The molecular weight excluding hydrogens is 371 g/mol. The fourth-order valence-electron chi connectivity index (χ4n) is 2.96. The fourth-order valence-corrected chi connectivity index (χ4v) is 2.96. The summed E-state index contributed by atoms with van der Waals surface area (Å²) in [5.41, 5.74) is 2.19. The molecule has 0 amide bonds. The van der Waals surface area contributed by atoms with Gasteiger partial charge in [0, 0.05) is 13.1 Å². The first kappa shape index (κ1) is 22.4. The van der Waals surface area contributed by atoms with Gasteiger partial charge in [-0.2, -0.15) is 0 Å². The van der Waals surface area contributed by atoms with Crippen LogP contribution >= 0.6 is 24.8 Å². The zero-order valence-electron chi connectivity index (χ0n) is 15.6. The molecule has 2 aromatic heterocycles. The minimum absolute atomic E-state index is 0. The summed E-state index contributed by atoms with van der Waals surface area (Å²) >= 11 is 0. The van der Waals surface area contributed by atoms with Crippen molar-refractivity contribution in [1.82, 2.24) is 14.5 Å². The van der Waals surface area contributed by atoms with E-state index in [-0.39, 0.29) is 24.8 Å². The van der Waals surface area contributed by atoms with Crippen molar-refractivity contribution < 1.29 is 4.42 Å². The van der Waals surface area contributed by atoms with Crippen LogP contribution in [0.2, 0.25) is 0 Å². The lowest BCUT2D eigenvalue weighted by atomic mass is 10.3. The Balaban J connectivity index is 0.00000169. The van der Waals surface area contributed by atoms with Crippen molar-refractivity contribution >= 4 is 41.8 Å². The number of likely N-dealkylation sites (N-methyl/N-ethyl adjacent to an activating group) is 1. The van der Waals surface area contributed by atoms with Crippen LogP contribution in [0.1, 0.15) is 25.4 Å². The second-order valence-electron chi connectivity index (χ2n) is 5.97. The highest BCUT2D eigenvalue weighted by Gasteiger charge is 2.11. The van der Waals surface area contributed by atoms with E-state index in [2.05, 4.69) is 46.8 Å². The quantitative estimate of drug-likeness (QED) is 0.595. The third-order valence-corrected chi connectivity index (χ3v) is 4.41. The van der Waals surface area contributed by atoms with Crippen molar-refractivity contribution in [2.45, 2.75) is 33.9 Å². The molecule has 0 aliphatic carbocycles. The molecule has 0 aliphatic heterocycles. The molecule has 1 aromatic carbocycles. The third-order valence-electron chi connectivity index (χ3n) is 4.41. The molecule has 7 heteroatoms. The Bertz CT molecular complexity index is 796. The highest BCUT2D eigenvalue weighted by atomic mass is 35.5. The summed E-state index contributed by atoms with van der Waals surface area (Å²) < 4.78 is 7.91. The number of aryl methyl sites for hydroxylation is 1. The molecule has 0 bridgehead atoms. The molecule has 0 unspecified atom stereocenters. The predicted octanol–water partition coefficient (Wildman–Crippen LogP) is 4.74. The van der Waals surface area contributed by atoms with E-state index in [4.69, 9.17) is 9.40 Å². The Labute approximate surface area is 167 Å². The maximum atomic E-state index is 5.64. The molecule has 3 aromatic rings. The smallest absolute Gasteiger partial charge is 0.204 e. The first-order valence-corrected chi connectivity index (χ1v) is 8.68. The molecule has 0 radical (unpaired) electrons. The van der Waals surface area contributed by atoms with E-state index in [0.717, 1.165) is 49.2 Å². The van der Waals surface area contributed by atoms with Crippen LogP contribution in [-0.4, -0.2) is 34.1 Å². The SMILES string of the molecule is CCN(CC)CCn1c(NCc2ccc(C)o2)nc2ccccc21.Cl.Cl. The van der Waals surface area contributed by atoms with Gasteiger partial charge in [0.2, 0.25) is 5.95 Å². The lowest BCUT2D eigenvalue weighted by Gasteiger charge is -2.19. The molecule has 0 saturated heterocycles. The number of nitrogens with one attached hydrogen (secondary N) is 1. The van der Waals surface area contributed by atoms with Gasteiger partial charge in [-0.3, -0.25) is 0 Å². The molecule has 1 N–H and O–H groups in total. The van der Waals surface area contributed by atoms with Crippen molar-refractivity contribution in [3.63, 3.8) is 0 Å². The van der Waals surface area contributed by atoms with Gasteiger partial charge in [0.05, 0.1) is 17.6 Å². The molecule has 3 rings (SSSR count). The van der Waals surface area contributed by atoms with Crippen LogP contribution in [-0.2, 0) is 13.1 Å². The number of hydrogen-bond acceptors (Lipinski definition) is 4. The standard InChI is InChI=1S/C19H26N4O.2ClH/c1-4-22(5-2)12-13-23-18-9-7-6-8-17(18)21-19(23)20-14-16-11-10-15(3)24-16;;/h6-11H,4-5,12-14H2,1-3H3,(H,20,21);2*1H. The van der Waals surface area contributed by atoms with Crippen molar-refractivity contribution in [1.29, 1.82) is 0 Å². The van der Waals surface area contributed by atoms with Gasteiger partial charge in [-0.05, 0) is 44.3 Å². The number of anilines is 1. The van der Waals surface area contributed by atoms with E-state index in [0.29, 0.717) is 6.54 Å². The summed E-state index contributed by atoms with van der Waals surface area (Å²) in [6.45, 7) is 11.1. The highest BCUT2D eigenvalue weighted by Crippen LogP contribution is 2.20. The Morgan fingerprint density at radius 2 is 1.81 bits per heavy atom. The molecule has 0 atom stereocenters. The summed E-state index contributed by atoms with van der Waals surface area (Å²) in [4.78, 5) is 7.18. The molecule has 0 fully saturated rings. The van der Waals surface area contributed by atoms with Crippen LogP contribution in [0.4, 0.5) is 5.95 Å².